The predicted molar refractivity (Wildman–Crippen MR) is 136 cm³/mol. The van der Waals surface area contributed by atoms with Gasteiger partial charge in [-0.2, -0.15) is 11.6 Å². The average molecular weight is 661 g/mol. The number of carbonyl (C=O) groups is 1. The predicted octanol–water partition coefficient (Wildman–Crippen LogP) is 3.30. The fourth-order valence-corrected chi connectivity index (χ4v) is 2.78. The van der Waals surface area contributed by atoms with Crippen molar-refractivity contribution in [1.29, 1.82) is 0 Å². The first-order chi connectivity index (χ1) is 14.8. The number of hydrogen-bond acceptors (Lipinski definition) is 6. The number of aromatic nitrogens is 2. The number of benzene rings is 1. The summed E-state index contributed by atoms with van der Waals surface area (Å²) < 4.78 is 2.57. The van der Waals surface area contributed by atoms with Crippen LogP contribution in [-0.4, -0.2) is 33.3 Å². The summed E-state index contributed by atoms with van der Waals surface area (Å²) in [6, 6.07) is 4.57. The van der Waals surface area contributed by atoms with Crippen molar-refractivity contribution >= 4 is 17.2 Å². The number of carbonyl (C=O) groups excluding carboxylic acids is 1. The summed E-state index contributed by atoms with van der Waals surface area (Å²) in [5.41, 5.74) is 2.41. The van der Waals surface area contributed by atoms with Crippen molar-refractivity contribution in [3.05, 3.63) is 58.5 Å². The van der Waals surface area contributed by atoms with Crippen LogP contribution >= 0.6 is 0 Å². The van der Waals surface area contributed by atoms with Gasteiger partial charge in [-0.1, -0.05) is 19.8 Å². The van der Waals surface area contributed by atoms with Gasteiger partial charge in [-0.25, -0.2) is 22.9 Å². The molecule has 0 atom stereocenters. The van der Waals surface area contributed by atoms with Crippen molar-refractivity contribution in [2.45, 2.75) is 59.4 Å². The molecule has 1 aromatic carbocycles. The fourth-order valence-electron chi connectivity index (χ4n) is 2.78. The van der Waals surface area contributed by atoms with Gasteiger partial charge in [0.1, 0.15) is 0 Å². The number of nitrogens with zero attached hydrogens (tertiary/aromatic N) is 2. The monoisotopic (exact) mass is 661 g/mol. The second kappa shape index (κ2) is 17.1. The third-order valence-electron chi connectivity index (χ3n) is 5.17. The molecule has 2 aliphatic rings. The van der Waals surface area contributed by atoms with Crippen LogP contribution in [0.4, 0.5) is 0 Å². The van der Waals surface area contributed by atoms with Crippen LogP contribution in [0.25, 0.3) is 17.1 Å². The number of aldehydes is 1. The molecule has 10 nitrogen and oxygen atoms in total. The molecule has 0 radical (unpaired) electrons. The van der Waals surface area contributed by atoms with Crippen LogP contribution in [0, 0.1) is 30.6 Å². The smallest absolute Gasteiger partial charge is 0.350 e. The molecule has 35 heavy (non-hydrogen) atoms. The molecule has 2 aromatic rings. The zero-order valence-corrected chi connectivity index (χ0v) is 23.9. The maximum atomic E-state index is 12.5. The van der Waals surface area contributed by atoms with E-state index in [-0.39, 0.29) is 57.0 Å². The molecule has 0 spiro atoms. The Morgan fingerprint density at radius 1 is 1.29 bits per heavy atom. The van der Waals surface area contributed by atoms with Crippen LogP contribution in [0.15, 0.2) is 27.8 Å². The van der Waals surface area contributed by atoms with Crippen molar-refractivity contribution in [2.75, 3.05) is 12.5 Å². The molecule has 2 fully saturated rings. The van der Waals surface area contributed by atoms with Crippen molar-refractivity contribution in [3.63, 3.8) is 0 Å². The number of hydrogen-bond donors (Lipinski definition) is 2. The van der Waals surface area contributed by atoms with E-state index in [1.165, 1.54) is 32.0 Å². The second-order valence-corrected chi connectivity index (χ2v) is 8.06. The van der Waals surface area contributed by atoms with Gasteiger partial charge >= 0.3 is 5.69 Å². The Labute approximate surface area is 221 Å². The van der Waals surface area contributed by atoms with E-state index in [0.29, 0.717) is 23.7 Å². The number of fused-ring (bicyclic) bond motifs is 1. The first kappa shape index (κ1) is 37.1. The molecule has 2 aliphatic carbocycles. The zero-order valence-electron chi connectivity index (χ0n) is 21.0. The molecule has 0 unspecified atom stereocenters. The van der Waals surface area contributed by atoms with Crippen LogP contribution in [0.2, 0.25) is 0 Å². The number of nitrogens with one attached hydrogen (secondary N) is 1. The molecule has 2 saturated carbocycles. The molecular formula is C24H37N4O6W-3. The van der Waals surface area contributed by atoms with Gasteiger partial charge in [0.05, 0.1) is 10.9 Å². The van der Waals surface area contributed by atoms with Gasteiger partial charge in [-0.15, -0.1) is 0 Å². The Morgan fingerprint density at radius 3 is 2.23 bits per heavy atom. The summed E-state index contributed by atoms with van der Waals surface area (Å²) in [6.45, 7) is 6.77. The molecule has 1 aromatic heterocycles. The molecule has 6 N–H and O–H groups in total. The summed E-state index contributed by atoms with van der Waals surface area (Å²) in [7, 11) is 1.52. The second-order valence-electron chi connectivity index (χ2n) is 8.06. The van der Waals surface area contributed by atoms with Crippen molar-refractivity contribution in [2.24, 2.45) is 5.41 Å². The summed E-state index contributed by atoms with van der Waals surface area (Å²) in [4.78, 5) is 38.4. The molecule has 0 aliphatic heterocycles. The summed E-state index contributed by atoms with van der Waals surface area (Å²) >= 11 is 0. The maximum Gasteiger partial charge on any atom is 0.350 e. The van der Waals surface area contributed by atoms with E-state index in [1.54, 1.807) is 16.6 Å². The van der Waals surface area contributed by atoms with Crippen molar-refractivity contribution in [1.82, 2.24) is 9.24 Å². The van der Waals surface area contributed by atoms with Gasteiger partial charge < -0.3 is 35.3 Å². The van der Waals surface area contributed by atoms with E-state index in [0.717, 1.165) is 23.9 Å². The Kier molecular flexibility index (Phi) is 18.1. The maximum absolute atomic E-state index is 12.5. The van der Waals surface area contributed by atoms with E-state index in [9.17, 15) is 14.4 Å². The van der Waals surface area contributed by atoms with Gasteiger partial charge in [0.2, 0.25) is 0 Å². The van der Waals surface area contributed by atoms with Gasteiger partial charge in [-0.3, -0.25) is 14.2 Å². The Bertz CT molecular complexity index is 1100. The molecule has 11 heteroatoms. The standard InChI is InChI=1S/C14H17N3O4.C5H6O.C4H7.CH3.H2N.H2O.W/c1-14(5-6-14)8-16-11-4-3-9(21-20)7-10(11)12(18)17(15-2)13(16)19;1-2-3-4-5-6;1-4-2-3-4;;;;/h3-4,7,15,20H,5-6,8H2,1-2H3;5H,2H2,1H3;2-3H2,1H3;1H3;2*1H2;/q;;3*-1;;. The van der Waals surface area contributed by atoms with E-state index < -0.39 is 5.56 Å². The SMILES string of the molecule is CCC#CC=O.CNn1c(=O)c2cc(OO)ccc2n(CC2(C)CC2)c1=O.C[C-]1CC1.O.[CH3-].[NH2-].[W]. The Morgan fingerprint density at radius 2 is 1.86 bits per heavy atom. The minimum Gasteiger partial charge on any atom is -0.693 e. The first-order valence-electron chi connectivity index (χ1n) is 10.3. The summed E-state index contributed by atoms with van der Waals surface area (Å²) in [5.74, 6) is 6.67. The fraction of sp³-hybridized carbons (Fsp3) is 0.458. The van der Waals surface area contributed by atoms with Crippen molar-refractivity contribution in [3.8, 4) is 17.6 Å². The molecule has 0 saturated heterocycles. The van der Waals surface area contributed by atoms with Gasteiger partial charge in [0, 0.05) is 41.1 Å². The molecule has 1 heterocycles. The molecular weight excluding hydrogens is 624 g/mol. The largest absolute Gasteiger partial charge is 0.693 e. The first-order valence-corrected chi connectivity index (χ1v) is 10.3. The number of nitrogens with two attached hydrogens (primary N) is 1. The normalized spacial score (nSPS) is 13.5. The third kappa shape index (κ3) is 10.8. The van der Waals surface area contributed by atoms with Crippen molar-refractivity contribution < 1.29 is 41.5 Å². The minimum atomic E-state index is -0.464. The van der Waals surface area contributed by atoms with E-state index in [4.69, 9.17) is 5.26 Å². The van der Waals surface area contributed by atoms with E-state index >= 15 is 0 Å². The van der Waals surface area contributed by atoms with Gasteiger partial charge in [0.15, 0.2) is 12.0 Å². The van der Waals surface area contributed by atoms with Crippen LogP contribution in [0.3, 0.4) is 0 Å². The number of rotatable bonds is 4. The Hall–Kier alpha value is -2.44. The summed E-state index contributed by atoms with van der Waals surface area (Å²) in [5, 5.41) is 9.06. The topological polar surface area (TPSA) is 168 Å². The summed E-state index contributed by atoms with van der Waals surface area (Å²) in [6.07, 6.45) is 6.30. The molecule has 4 rings (SSSR count). The molecule has 198 valence electrons. The van der Waals surface area contributed by atoms with E-state index in [2.05, 4.69) is 36.0 Å². The quantitative estimate of drug-likeness (QED) is 0.168. The Balaban J connectivity index is -0.000000622. The minimum absolute atomic E-state index is 0. The molecule has 0 bridgehead atoms. The van der Waals surface area contributed by atoms with Crippen LogP contribution < -0.4 is 21.6 Å². The zero-order chi connectivity index (χ0) is 23.0. The van der Waals surface area contributed by atoms with E-state index in [1.807, 2.05) is 6.92 Å². The van der Waals surface area contributed by atoms with Crippen LogP contribution in [0.5, 0.6) is 5.75 Å². The van der Waals surface area contributed by atoms with Crippen LogP contribution in [-0.2, 0) is 32.4 Å². The van der Waals surface area contributed by atoms with Crippen LogP contribution in [0.1, 0.15) is 52.9 Å². The average Bonchev–Trinajstić information content (AvgIpc) is 3.70. The molecule has 0 amide bonds. The van der Waals surface area contributed by atoms with Gasteiger partial charge in [0.25, 0.3) is 5.56 Å². The van der Waals surface area contributed by atoms with Gasteiger partial charge in [-0.05, 0) is 42.4 Å². The third-order valence-corrected chi connectivity index (χ3v) is 5.17.